The number of nitrogens with one attached hydrogen (secondary N) is 2. The second-order valence-electron chi connectivity index (χ2n) is 4.95. The number of nitrogens with zero attached hydrogens (tertiary/aromatic N) is 4. The Labute approximate surface area is 135 Å². The minimum absolute atomic E-state index is 0.583. The second kappa shape index (κ2) is 7.84. The molecule has 1 aromatic heterocycles. The number of hydrogen-bond donors (Lipinski definition) is 2. The third-order valence-electron chi connectivity index (χ3n) is 3.33. The highest BCUT2D eigenvalue weighted by molar-refractivity contribution is 7.98. The Morgan fingerprint density at radius 2 is 2.09 bits per heavy atom. The van der Waals surface area contributed by atoms with Crippen molar-refractivity contribution >= 4 is 17.7 Å². The van der Waals surface area contributed by atoms with Crippen molar-refractivity contribution in [1.82, 2.24) is 25.4 Å². The van der Waals surface area contributed by atoms with Gasteiger partial charge in [0.05, 0.1) is 6.54 Å². The molecule has 0 atom stereocenters. The largest absolute Gasteiger partial charge is 0.352 e. The van der Waals surface area contributed by atoms with Gasteiger partial charge in [-0.15, -0.1) is 22.0 Å². The van der Waals surface area contributed by atoms with Crippen LogP contribution in [-0.2, 0) is 20.1 Å². The monoisotopic (exact) mass is 318 g/mol. The molecule has 1 aromatic carbocycles. The SMILES string of the molecule is CN=C(NCc1ccc(C)cc1SC)NCc1nncn1C. The van der Waals surface area contributed by atoms with Gasteiger partial charge in [-0.2, -0.15) is 0 Å². The Bertz CT molecular complexity index is 649. The van der Waals surface area contributed by atoms with Crippen molar-refractivity contribution in [2.75, 3.05) is 13.3 Å². The van der Waals surface area contributed by atoms with E-state index in [4.69, 9.17) is 0 Å². The summed E-state index contributed by atoms with van der Waals surface area (Å²) in [6.07, 6.45) is 3.78. The van der Waals surface area contributed by atoms with Gasteiger partial charge in [0, 0.05) is 25.5 Å². The summed E-state index contributed by atoms with van der Waals surface area (Å²) in [6.45, 7) is 3.42. The molecule has 2 rings (SSSR count). The number of aromatic nitrogens is 3. The van der Waals surface area contributed by atoms with E-state index in [-0.39, 0.29) is 0 Å². The summed E-state index contributed by atoms with van der Waals surface area (Å²) in [5.74, 6) is 1.61. The number of guanidine groups is 1. The van der Waals surface area contributed by atoms with Gasteiger partial charge < -0.3 is 15.2 Å². The summed E-state index contributed by atoms with van der Waals surface area (Å²) in [6, 6.07) is 6.49. The molecular weight excluding hydrogens is 296 g/mol. The molecule has 0 aliphatic heterocycles. The van der Waals surface area contributed by atoms with Gasteiger partial charge in [-0.25, -0.2) is 0 Å². The van der Waals surface area contributed by atoms with Crippen LogP contribution in [0.15, 0.2) is 34.4 Å². The van der Waals surface area contributed by atoms with E-state index in [1.165, 1.54) is 16.0 Å². The van der Waals surface area contributed by atoms with Gasteiger partial charge in [-0.05, 0) is 30.4 Å². The van der Waals surface area contributed by atoms with Gasteiger partial charge in [0.15, 0.2) is 11.8 Å². The zero-order valence-corrected chi connectivity index (χ0v) is 14.2. The van der Waals surface area contributed by atoms with Gasteiger partial charge in [-0.3, -0.25) is 4.99 Å². The number of aryl methyl sites for hydroxylation is 2. The van der Waals surface area contributed by atoms with Gasteiger partial charge in [-0.1, -0.05) is 12.1 Å². The first kappa shape index (κ1) is 16.4. The lowest BCUT2D eigenvalue weighted by atomic mass is 10.1. The summed E-state index contributed by atoms with van der Waals surface area (Å²) in [4.78, 5) is 5.52. The van der Waals surface area contributed by atoms with Crippen molar-refractivity contribution < 1.29 is 0 Å². The summed E-state index contributed by atoms with van der Waals surface area (Å²) in [5.41, 5.74) is 2.54. The second-order valence-corrected chi connectivity index (χ2v) is 5.80. The number of rotatable bonds is 5. The standard InChI is InChI=1S/C15H22N6S/c1-11-5-6-12(13(7-11)22-4)8-17-15(16-2)18-9-14-20-19-10-21(14)3/h5-7,10H,8-9H2,1-4H3,(H2,16,17,18). The molecule has 0 saturated heterocycles. The van der Waals surface area contributed by atoms with E-state index >= 15 is 0 Å². The van der Waals surface area contributed by atoms with Crippen LogP contribution in [0.3, 0.4) is 0 Å². The van der Waals surface area contributed by atoms with Crippen LogP contribution in [-0.4, -0.2) is 34.0 Å². The lowest BCUT2D eigenvalue weighted by Crippen LogP contribution is -2.37. The third-order valence-corrected chi connectivity index (χ3v) is 4.15. The molecule has 7 heteroatoms. The minimum Gasteiger partial charge on any atom is -0.352 e. The molecule has 0 amide bonds. The van der Waals surface area contributed by atoms with Crippen molar-refractivity contribution in [3.05, 3.63) is 41.5 Å². The van der Waals surface area contributed by atoms with Crippen molar-refractivity contribution in [2.45, 2.75) is 24.9 Å². The number of hydrogen-bond acceptors (Lipinski definition) is 4. The zero-order chi connectivity index (χ0) is 15.9. The van der Waals surface area contributed by atoms with Crippen LogP contribution in [0.25, 0.3) is 0 Å². The topological polar surface area (TPSA) is 67.1 Å². The van der Waals surface area contributed by atoms with Crippen LogP contribution < -0.4 is 10.6 Å². The van der Waals surface area contributed by atoms with Gasteiger partial charge in [0.1, 0.15) is 6.33 Å². The Balaban J connectivity index is 1.93. The van der Waals surface area contributed by atoms with Crippen LogP contribution in [0.1, 0.15) is 17.0 Å². The van der Waals surface area contributed by atoms with E-state index in [1.54, 1.807) is 25.1 Å². The lowest BCUT2D eigenvalue weighted by molar-refractivity contribution is 0.724. The molecule has 1 heterocycles. The molecule has 6 nitrogen and oxygen atoms in total. The summed E-state index contributed by atoms with van der Waals surface area (Å²) < 4.78 is 1.88. The first-order valence-corrected chi connectivity index (χ1v) is 8.27. The Kier molecular flexibility index (Phi) is 5.83. The normalized spacial score (nSPS) is 11.5. The number of aliphatic imine (C=N–C) groups is 1. The Morgan fingerprint density at radius 3 is 2.73 bits per heavy atom. The predicted molar refractivity (Wildman–Crippen MR) is 91.0 cm³/mol. The van der Waals surface area contributed by atoms with Crippen molar-refractivity contribution in [2.24, 2.45) is 12.0 Å². The van der Waals surface area contributed by atoms with E-state index < -0.39 is 0 Å². The molecule has 0 bridgehead atoms. The summed E-state index contributed by atoms with van der Waals surface area (Å²) >= 11 is 1.76. The molecular formula is C15H22N6S. The fourth-order valence-corrected chi connectivity index (χ4v) is 2.73. The van der Waals surface area contributed by atoms with Crippen molar-refractivity contribution in [3.63, 3.8) is 0 Å². The van der Waals surface area contributed by atoms with E-state index in [0.29, 0.717) is 6.54 Å². The quantitative estimate of drug-likeness (QED) is 0.499. The van der Waals surface area contributed by atoms with Crippen LogP contribution in [0, 0.1) is 6.92 Å². The fourth-order valence-electron chi connectivity index (χ4n) is 2.03. The molecule has 0 spiro atoms. The molecule has 0 aliphatic rings. The van der Waals surface area contributed by atoms with E-state index in [0.717, 1.165) is 18.3 Å². The van der Waals surface area contributed by atoms with Crippen molar-refractivity contribution in [1.29, 1.82) is 0 Å². The highest BCUT2D eigenvalue weighted by Gasteiger charge is 2.05. The molecule has 118 valence electrons. The lowest BCUT2D eigenvalue weighted by Gasteiger charge is -2.13. The summed E-state index contributed by atoms with van der Waals surface area (Å²) in [7, 11) is 3.68. The molecule has 22 heavy (non-hydrogen) atoms. The third kappa shape index (κ3) is 4.24. The van der Waals surface area contributed by atoms with E-state index in [1.807, 2.05) is 11.6 Å². The van der Waals surface area contributed by atoms with Gasteiger partial charge >= 0.3 is 0 Å². The highest BCUT2D eigenvalue weighted by atomic mass is 32.2. The summed E-state index contributed by atoms with van der Waals surface area (Å²) in [5, 5.41) is 14.5. The average molecular weight is 318 g/mol. The number of benzene rings is 1. The molecule has 2 N–H and O–H groups in total. The molecule has 0 unspecified atom stereocenters. The molecule has 0 aliphatic carbocycles. The number of thioether (sulfide) groups is 1. The molecule has 0 saturated carbocycles. The Hall–Kier alpha value is -2.02. The highest BCUT2D eigenvalue weighted by Crippen LogP contribution is 2.21. The van der Waals surface area contributed by atoms with Crippen molar-refractivity contribution in [3.8, 4) is 0 Å². The Morgan fingerprint density at radius 1 is 1.32 bits per heavy atom. The fraction of sp³-hybridized carbons (Fsp3) is 0.400. The molecule has 0 radical (unpaired) electrons. The smallest absolute Gasteiger partial charge is 0.191 e. The van der Waals surface area contributed by atoms with Gasteiger partial charge in [0.25, 0.3) is 0 Å². The maximum atomic E-state index is 4.24. The van der Waals surface area contributed by atoms with E-state index in [9.17, 15) is 0 Å². The molecule has 0 fully saturated rings. The maximum Gasteiger partial charge on any atom is 0.191 e. The minimum atomic E-state index is 0.583. The van der Waals surface area contributed by atoms with Gasteiger partial charge in [0.2, 0.25) is 0 Å². The zero-order valence-electron chi connectivity index (χ0n) is 13.4. The average Bonchev–Trinajstić information content (AvgIpc) is 2.93. The van der Waals surface area contributed by atoms with E-state index in [2.05, 4.69) is 57.2 Å². The first-order chi connectivity index (χ1) is 10.6. The van der Waals surface area contributed by atoms with Crippen LogP contribution in [0.5, 0.6) is 0 Å². The van der Waals surface area contributed by atoms with Crippen LogP contribution in [0.4, 0.5) is 0 Å². The molecule has 2 aromatic rings. The predicted octanol–water partition coefficient (Wildman–Crippen LogP) is 1.71. The van der Waals surface area contributed by atoms with Crippen LogP contribution >= 0.6 is 11.8 Å². The maximum absolute atomic E-state index is 4.24. The first-order valence-electron chi connectivity index (χ1n) is 7.05. The van der Waals surface area contributed by atoms with Crippen LogP contribution in [0.2, 0.25) is 0 Å².